The molecule has 0 atom stereocenters. The highest BCUT2D eigenvalue weighted by Gasteiger charge is 2.16. The second-order valence-electron chi connectivity index (χ2n) is 5.63. The van der Waals surface area contributed by atoms with Gasteiger partial charge in [-0.25, -0.2) is 4.98 Å². The van der Waals surface area contributed by atoms with E-state index in [1.54, 1.807) is 4.57 Å². The number of aryl methyl sites for hydroxylation is 1. The fourth-order valence-corrected chi connectivity index (χ4v) is 3.76. The Morgan fingerprint density at radius 2 is 2.00 bits per heavy atom. The van der Waals surface area contributed by atoms with E-state index >= 15 is 0 Å². The van der Waals surface area contributed by atoms with Crippen LogP contribution in [-0.2, 0) is 17.8 Å². The standard InChI is InChI=1S/C18H17ClN2O2S/c1-3-15-20-17-16(18(23)21(15)9-8-11(2)22)14(10-24-17)12-4-6-13(19)7-5-12/h4-7,10H,3,8-9H2,1-2H3. The third-order valence-corrected chi connectivity index (χ3v) is 5.06. The molecule has 0 aliphatic heterocycles. The molecule has 0 aliphatic carbocycles. The molecule has 3 aromatic rings. The Bertz CT molecular complexity index is 958. The number of aromatic nitrogens is 2. The van der Waals surface area contributed by atoms with E-state index in [4.69, 9.17) is 11.6 Å². The molecule has 2 heterocycles. The van der Waals surface area contributed by atoms with Crippen LogP contribution in [0.4, 0.5) is 0 Å². The van der Waals surface area contributed by atoms with Crippen LogP contribution in [-0.4, -0.2) is 15.3 Å². The Kier molecular flexibility index (Phi) is 4.83. The van der Waals surface area contributed by atoms with E-state index in [0.717, 1.165) is 21.8 Å². The lowest BCUT2D eigenvalue weighted by molar-refractivity contribution is -0.117. The van der Waals surface area contributed by atoms with Crippen LogP contribution in [0.3, 0.4) is 0 Å². The normalized spacial score (nSPS) is 11.1. The van der Waals surface area contributed by atoms with Crippen molar-refractivity contribution in [2.45, 2.75) is 33.2 Å². The third-order valence-electron chi connectivity index (χ3n) is 3.93. The zero-order valence-corrected chi connectivity index (χ0v) is 15.1. The zero-order valence-electron chi connectivity index (χ0n) is 13.5. The Morgan fingerprint density at radius 3 is 2.62 bits per heavy atom. The van der Waals surface area contributed by atoms with Crippen LogP contribution < -0.4 is 5.56 Å². The summed E-state index contributed by atoms with van der Waals surface area (Å²) in [4.78, 5) is 29.7. The number of carbonyl (C=O) groups excluding carboxylic acids is 1. The van der Waals surface area contributed by atoms with Crippen LogP contribution in [0.1, 0.15) is 26.1 Å². The quantitative estimate of drug-likeness (QED) is 0.680. The first kappa shape index (κ1) is 16.9. The second-order valence-corrected chi connectivity index (χ2v) is 6.92. The van der Waals surface area contributed by atoms with Gasteiger partial charge < -0.3 is 0 Å². The van der Waals surface area contributed by atoms with Gasteiger partial charge in [-0.1, -0.05) is 30.7 Å². The first-order chi connectivity index (χ1) is 11.5. The molecule has 4 nitrogen and oxygen atoms in total. The Labute approximate surface area is 148 Å². The number of benzene rings is 1. The summed E-state index contributed by atoms with van der Waals surface area (Å²) in [7, 11) is 0. The van der Waals surface area contributed by atoms with Gasteiger partial charge >= 0.3 is 0 Å². The van der Waals surface area contributed by atoms with Crippen LogP contribution >= 0.6 is 22.9 Å². The first-order valence-corrected chi connectivity index (χ1v) is 9.03. The van der Waals surface area contributed by atoms with Gasteiger partial charge in [0, 0.05) is 35.4 Å². The van der Waals surface area contributed by atoms with Crippen molar-refractivity contribution in [2.24, 2.45) is 0 Å². The number of hydrogen-bond donors (Lipinski definition) is 0. The van der Waals surface area contributed by atoms with Crippen molar-refractivity contribution in [1.29, 1.82) is 0 Å². The predicted octanol–water partition coefficient (Wildman–Crippen LogP) is 4.32. The average Bonchev–Trinajstić information content (AvgIpc) is 2.98. The minimum absolute atomic E-state index is 0.0623. The van der Waals surface area contributed by atoms with Crippen LogP contribution in [0.15, 0.2) is 34.4 Å². The topological polar surface area (TPSA) is 52.0 Å². The van der Waals surface area contributed by atoms with Crippen molar-refractivity contribution in [2.75, 3.05) is 0 Å². The largest absolute Gasteiger partial charge is 0.300 e. The number of thiophene rings is 1. The molecule has 124 valence electrons. The summed E-state index contributed by atoms with van der Waals surface area (Å²) >= 11 is 7.42. The lowest BCUT2D eigenvalue weighted by atomic mass is 10.1. The summed E-state index contributed by atoms with van der Waals surface area (Å²) in [5.41, 5.74) is 1.72. The summed E-state index contributed by atoms with van der Waals surface area (Å²) < 4.78 is 1.63. The molecule has 2 aromatic heterocycles. The van der Waals surface area contributed by atoms with Gasteiger partial charge in [0.25, 0.3) is 5.56 Å². The predicted molar refractivity (Wildman–Crippen MR) is 99.0 cm³/mol. The molecular formula is C18H17ClN2O2S. The number of rotatable bonds is 5. The Balaban J connectivity index is 2.20. The van der Waals surface area contributed by atoms with Gasteiger partial charge in [0.2, 0.25) is 0 Å². The van der Waals surface area contributed by atoms with Gasteiger partial charge in [-0.2, -0.15) is 0 Å². The van der Waals surface area contributed by atoms with E-state index < -0.39 is 0 Å². The van der Waals surface area contributed by atoms with Crippen LogP contribution in [0, 0.1) is 0 Å². The van der Waals surface area contributed by atoms with Gasteiger partial charge in [0.1, 0.15) is 16.4 Å². The smallest absolute Gasteiger partial charge is 0.262 e. The lowest BCUT2D eigenvalue weighted by Crippen LogP contribution is -2.25. The van der Waals surface area contributed by atoms with Gasteiger partial charge in [0.05, 0.1) is 5.39 Å². The molecule has 0 saturated heterocycles. The van der Waals surface area contributed by atoms with Crippen molar-refractivity contribution in [3.63, 3.8) is 0 Å². The summed E-state index contributed by atoms with van der Waals surface area (Å²) in [6, 6.07) is 7.42. The Hall–Kier alpha value is -1.98. The Morgan fingerprint density at radius 1 is 1.29 bits per heavy atom. The number of ketones is 1. The highest BCUT2D eigenvalue weighted by Crippen LogP contribution is 2.31. The molecule has 0 radical (unpaired) electrons. The van der Waals surface area contributed by atoms with Crippen LogP contribution in [0.2, 0.25) is 5.02 Å². The van der Waals surface area contributed by atoms with E-state index in [1.807, 2.05) is 36.6 Å². The zero-order chi connectivity index (χ0) is 17.3. The molecule has 0 spiro atoms. The number of Topliss-reactive ketones (excluding diaryl/α,β-unsaturated/α-hetero) is 1. The summed E-state index contributed by atoms with van der Waals surface area (Å²) in [6.45, 7) is 3.87. The number of nitrogens with zero attached hydrogens (tertiary/aromatic N) is 2. The van der Waals surface area contributed by atoms with E-state index in [9.17, 15) is 9.59 Å². The van der Waals surface area contributed by atoms with Crippen molar-refractivity contribution in [3.8, 4) is 11.1 Å². The summed E-state index contributed by atoms with van der Waals surface area (Å²) in [5.74, 6) is 0.783. The molecule has 1 aromatic carbocycles. The van der Waals surface area contributed by atoms with E-state index in [0.29, 0.717) is 29.8 Å². The molecule has 0 amide bonds. The molecule has 0 bridgehead atoms. The molecule has 0 aliphatic rings. The van der Waals surface area contributed by atoms with Crippen molar-refractivity contribution >= 4 is 38.9 Å². The van der Waals surface area contributed by atoms with E-state index in [2.05, 4.69) is 4.98 Å². The molecule has 0 fully saturated rings. The van der Waals surface area contributed by atoms with Crippen LogP contribution in [0.25, 0.3) is 21.3 Å². The minimum atomic E-state index is -0.0794. The van der Waals surface area contributed by atoms with Gasteiger partial charge in [0.15, 0.2) is 0 Å². The van der Waals surface area contributed by atoms with Gasteiger partial charge in [-0.3, -0.25) is 14.2 Å². The number of halogens is 1. The van der Waals surface area contributed by atoms with Gasteiger partial charge in [-0.15, -0.1) is 11.3 Å². The fraction of sp³-hybridized carbons (Fsp3) is 0.278. The monoisotopic (exact) mass is 360 g/mol. The molecule has 6 heteroatoms. The van der Waals surface area contributed by atoms with Crippen molar-refractivity contribution in [1.82, 2.24) is 9.55 Å². The highest BCUT2D eigenvalue weighted by atomic mass is 35.5. The molecule has 0 unspecified atom stereocenters. The molecule has 3 rings (SSSR count). The fourth-order valence-electron chi connectivity index (χ4n) is 2.68. The highest BCUT2D eigenvalue weighted by molar-refractivity contribution is 7.17. The average molecular weight is 361 g/mol. The SMILES string of the molecule is CCc1nc2scc(-c3ccc(Cl)cc3)c2c(=O)n1CCC(C)=O. The molecule has 24 heavy (non-hydrogen) atoms. The number of hydrogen-bond acceptors (Lipinski definition) is 4. The maximum Gasteiger partial charge on any atom is 0.262 e. The molecule has 0 N–H and O–H groups in total. The summed E-state index contributed by atoms with van der Waals surface area (Å²) in [6.07, 6.45) is 0.984. The van der Waals surface area contributed by atoms with Crippen molar-refractivity contribution in [3.05, 3.63) is 50.8 Å². The maximum absolute atomic E-state index is 13.0. The molecular weight excluding hydrogens is 344 g/mol. The second kappa shape index (κ2) is 6.87. The summed E-state index contributed by atoms with van der Waals surface area (Å²) in [5, 5.41) is 3.23. The van der Waals surface area contributed by atoms with Gasteiger partial charge in [-0.05, 0) is 24.6 Å². The maximum atomic E-state index is 13.0. The number of carbonyl (C=O) groups is 1. The van der Waals surface area contributed by atoms with Crippen molar-refractivity contribution < 1.29 is 4.79 Å². The van der Waals surface area contributed by atoms with E-state index in [-0.39, 0.29) is 11.3 Å². The first-order valence-electron chi connectivity index (χ1n) is 7.77. The third kappa shape index (κ3) is 3.14. The lowest BCUT2D eigenvalue weighted by Gasteiger charge is -2.11. The number of fused-ring (bicyclic) bond motifs is 1. The van der Waals surface area contributed by atoms with E-state index in [1.165, 1.54) is 18.3 Å². The minimum Gasteiger partial charge on any atom is -0.300 e. The van der Waals surface area contributed by atoms with Crippen LogP contribution in [0.5, 0.6) is 0 Å². The molecule has 0 saturated carbocycles.